The molecule has 0 saturated carbocycles. The maximum Gasteiger partial charge on any atom is 0.324 e. The van der Waals surface area contributed by atoms with Crippen molar-refractivity contribution < 1.29 is 14.3 Å². The molecule has 2 aromatic rings. The molecule has 0 bridgehead atoms. The zero-order chi connectivity index (χ0) is 17.5. The topological polar surface area (TPSA) is 43.4 Å². The van der Waals surface area contributed by atoms with Crippen LogP contribution in [0, 0.1) is 0 Å². The Morgan fingerprint density at radius 1 is 1.08 bits per heavy atom. The molecule has 0 heterocycles. The number of carbonyl (C=O) groups excluding carboxylic acids is 2. The van der Waals surface area contributed by atoms with Crippen LogP contribution in [0.3, 0.4) is 0 Å². The second kappa shape index (κ2) is 9.22. The summed E-state index contributed by atoms with van der Waals surface area (Å²) in [5.74, 6) is 0.952. The number of benzene rings is 2. The van der Waals surface area contributed by atoms with Gasteiger partial charge in [0.2, 0.25) is 5.78 Å². The Labute approximate surface area is 159 Å². The first-order valence-corrected chi connectivity index (χ1v) is 10.7. The Bertz CT molecular complexity index is 686. The molecule has 3 nitrogen and oxygen atoms in total. The van der Waals surface area contributed by atoms with Gasteiger partial charge in [-0.3, -0.25) is 9.59 Å². The third-order valence-electron chi connectivity index (χ3n) is 3.50. The fourth-order valence-electron chi connectivity index (χ4n) is 2.07. The minimum absolute atomic E-state index is 0.133. The minimum atomic E-state index is -0.222. The molecule has 0 aromatic heterocycles. The highest BCUT2D eigenvalue weighted by atomic mass is 127. The van der Waals surface area contributed by atoms with E-state index in [1.807, 2.05) is 49.4 Å². The van der Waals surface area contributed by atoms with Crippen molar-refractivity contribution in [3.8, 4) is 5.75 Å². The van der Waals surface area contributed by atoms with Gasteiger partial charge in [-0.1, -0.05) is 59.8 Å². The predicted molar refractivity (Wildman–Crippen MR) is 107 cm³/mol. The van der Waals surface area contributed by atoms with Crippen molar-refractivity contribution in [2.45, 2.75) is 22.2 Å². The maximum absolute atomic E-state index is 12.3. The highest BCUT2D eigenvalue weighted by Crippen LogP contribution is 2.20. The molecule has 2 atom stereocenters. The number of rotatable bonds is 7. The number of hydrogen-bond acceptors (Lipinski definition) is 3. The molecular formula is C19H20IO3S+. The van der Waals surface area contributed by atoms with Crippen LogP contribution >= 0.6 is 22.6 Å². The molecule has 0 N–H and O–H groups in total. The van der Waals surface area contributed by atoms with Gasteiger partial charge >= 0.3 is 5.97 Å². The molecule has 0 radical (unpaired) electrons. The van der Waals surface area contributed by atoms with Gasteiger partial charge in [0.15, 0.2) is 10.6 Å². The first-order valence-electron chi connectivity index (χ1n) is 7.68. The van der Waals surface area contributed by atoms with Gasteiger partial charge in [-0.05, 0) is 30.7 Å². The van der Waals surface area contributed by atoms with Crippen molar-refractivity contribution in [2.75, 3.05) is 12.0 Å². The Morgan fingerprint density at radius 2 is 1.71 bits per heavy atom. The van der Waals surface area contributed by atoms with Gasteiger partial charge in [0.1, 0.15) is 15.9 Å². The summed E-state index contributed by atoms with van der Waals surface area (Å²) in [6.45, 7) is 1.95. The largest absolute Gasteiger partial charge is 0.426 e. The van der Waals surface area contributed by atoms with Crippen LogP contribution in [-0.4, -0.2) is 27.7 Å². The van der Waals surface area contributed by atoms with Gasteiger partial charge in [0.05, 0.1) is 0 Å². The Morgan fingerprint density at radius 3 is 2.29 bits per heavy atom. The molecule has 2 rings (SSSR count). The van der Waals surface area contributed by atoms with Crippen LogP contribution in [0.2, 0.25) is 0 Å². The van der Waals surface area contributed by atoms with Crippen LogP contribution in [0.5, 0.6) is 5.75 Å². The van der Waals surface area contributed by atoms with E-state index in [4.69, 9.17) is 4.74 Å². The molecule has 0 fully saturated rings. The van der Waals surface area contributed by atoms with Crippen LogP contribution < -0.4 is 4.74 Å². The van der Waals surface area contributed by atoms with Gasteiger partial charge in [-0.15, -0.1) is 0 Å². The molecule has 0 aliphatic rings. The summed E-state index contributed by atoms with van der Waals surface area (Å²) in [5.41, 5.74) is 0.745. The monoisotopic (exact) mass is 455 g/mol. The molecule has 2 aromatic carbocycles. The standard InChI is InChI=1S/C19H20IO3S/c1-3-17(20)19(22)23-15-9-11-16(12-10-15)24(2)13-18(21)14-7-5-4-6-8-14/h4-12,17H,3,13H2,1-2H3/q+1. The van der Waals surface area contributed by atoms with Gasteiger partial charge < -0.3 is 4.74 Å². The number of esters is 1. The average Bonchev–Trinajstić information content (AvgIpc) is 2.62. The van der Waals surface area contributed by atoms with E-state index in [9.17, 15) is 9.59 Å². The molecule has 2 unspecified atom stereocenters. The number of ether oxygens (including phenoxy) is 1. The molecule has 5 heteroatoms. The number of alkyl halides is 1. The van der Waals surface area contributed by atoms with E-state index in [0.717, 1.165) is 16.9 Å². The van der Waals surface area contributed by atoms with Crippen molar-refractivity contribution in [3.05, 3.63) is 60.2 Å². The van der Waals surface area contributed by atoms with Gasteiger partial charge in [-0.2, -0.15) is 0 Å². The van der Waals surface area contributed by atoms with E-state index < -0.39 is 0 Å². The zero-order valence-corrected chi connectivity index (χ0v) is 16.7. The first-order chi connectivity index (χ1) is 11.5. The lowest BCUT2D eigenvalue weighted by Crippen LogP contribution is -2.19. The molecule has 0 spiro atoms. The van der Waals surface area contributed by atoms with Crippen LogP contribution in [0.25, 0.3) is 0 Å². The van der Waals surface area contributed by atoms with Gasteiger partial charge in [-0.25, -0.2) is 0 Å². The van der Waals surface area contributed by atoms with Crippen LogP contribution in [0.1, 0.15) is 23.7 Å². The molecule has 0 aliphatic heterocycles. The Kier molecular flexibility index (Phi) is 7.30. The second-order valence-corrected chi connectivity index (χ2v) is 8.88. The van der Waals surface area contributed by atoms with Crippen molar-refractivity contribution in [2.24, 2.45) is 0 Å². The summed E-state index contributed by atoms with van der Waals surface area (Å²) in [6, 6.07) is 16.8. The molecule has 24 heavy (non-hydrogen) atoms. The molecule has 0 saturated heterocycles. The number of Topliss-reactive ketones (excluding diaryl/α,β-unsaturated/α-hetero) is 1. The number of ketones is 1. The minimum Gasteiger partial charge on any atom is -0.426 e. The van der Waals surface area contributed by atoms with E-state index in [0.29, 0.717) is 11.5 Å². The third-order valence-corrected chi connectivity index (χ3v) is 6.66. The lowest BCUT2D eigenvalue weighted by atomic mass is 10.2. The van der Waals surface area contributed by atoms with Gasteiger partial charge in [0.25, 0.3) is 0 Å². The number of halogens is 1. The lowest BCUT2D eigenvalue weighted by Gasteiger charge is -2.08. The van der Waals surface area contributed by atoms with Crippen LogP contribution in [-0.2, 0) is 15.7 Å². The Hall–Kier alpha value is -1.34. The molecule has 126 valence electrons. The summed E-state index contributed by atoms with van der Waals surface area (Å²) in [4.78, 5) is 25.2. The maximum atomic E-state index is 12.3. The van der Waals surface area contributed by atoms with Crippen LogP contribution in [0.15, 0.2) is 59.5 Å². The fourth-order valence-corrected chi connectivity index (χ4v) is 3.53. The van der Waals surface area contributed by atoms with Crippen LogP contribution in [0.4, 0.5) is 0 Å². The average molecular weight is 455 g/mol. The van der Waals surface area contributed by atoms with E-state index in [2.05, 4.69) is 28.8 Å². The quantitative estimate of drug-likeness (QED) is 0.156. The van der Waals surface area contributed by atoms with Crippen molar-refractivity contribution in [3.63, 3.8) is 0 Å². The summed E-state index contributed by atoms with van der Waals surface area (Å²) >= 11 is 2.08. The predicted octanol–water partition coefficient (Wildman–Crippen LogP) is 4.30. The SMILES string of the molecule is CCC(I)C(=O)Oc1ccc([S+](C)CC(=O)c2ccccc2)cc1. The van der Waals surface area contributed by atoms with E-state index in [-0.39, 0.29) is 26.6 Å². The third kappa shape index (κ3) is 5.34. The number of hydrogen-bond donors (Lipinski definition) is 0. The normalized spacial score (nSPS) is 13.1. The summed E-state index contributed by atoms with van der Waals surface area (Å²) in [6.07, 6.45) is 2.80. The molecule has 0 aliphatic carbocycles. The van der Waals surface area contributed by atoms with Crippen molar-refractivity contribution >= 4 is 45.2 Å². The van der Waals surface area contributed by atoms with Crippen molar-refractivity contribution in [1.29, 1.82) is 0 Å². The van der Waals surface area contributed by atoms with Crippen molar-refractivity contribution in [1.82, 2.24) is 0 Å². The first kappa shape index (κ1) is 19.0. The summed E-state index contributed by atoms with van der Waals surface area (Å²) in [5, 5.41) is 0. The molecular weight excluding hydrogens is 435 g/mol. The highest BCUT2D eigenvalue weighted by molar-refractivity contribution is 14.1. The summed E-state index contributed by atoms with van der Waals surface area (Å²) in [7, 11) is -0.187. The summed E-state index contributed by atoms with van der Waals surface area (Å²) < 4.78 is 5.21. The zero-order valence-electron chi connectivity index (χ0n) is 13.7. The fraction of sp³-hybridized carbons (Fsp3) is 0.263. The smallest absolute Gasteiger partial charge is 0.324 e. The highest BCUT2D eigenvalue weighted by Gasteiger charge is 2.22. The van der Waals surface area contributed by atoms with Gasteiger partial charge in [0, 0.05) is 16.5 Å². The lowest BCUT2D eigenvalue weighted by molar-refractivity contribution is -0.133. The van der Waals surface area contributed by atoms with E-state index in [1.165, 1.54) is 0 Å². The second-order valence-electron chi connectivity index (χ2n) is 5.34. The van der Waals surface area contributed by atoms with E-state index >= 15 is 0 Å². The van der Waals surface area contributed by atoms with E-state index in [1.54, 1.807) is 12.1 Å². The number of carbonyl (C=O) groups is 2. The molecule has 0 amide bonds. The Balaban J connectivity index is 1.97.